The number of hydrogen-bond acceptors (Lipinski definition) is 4. The summed E-state index contributed by atoms with van der Waals surface area (Å²) in [6, 6.07) is -0.832. The maximum absolute atomic E-state index is 12.5. The number of rotatable bonds is 55. The molecule has 0 radical (unpaired) electrons. The lowest BCUT2D eigenvalue weighted by Crippen LogP contribution is -2.50. The van der Waals surface area contributed by atoms with Gasteiger partial charge in [-0.3, -0.25) is 4.79 Å². The van der Waals surface area contributed by atoms with Crippen LogP contribution < -0.4 is 5.32 Å². The number of carbonyl (C=O) groups is 1. The summed E-state index contributed by atoms with van der Waals surface area (Å²) in [5.74, 6) is -0.154. The molecule has 0 bridgehead atoms. The quantitative estimate of drug-likeness (QED) is 0.0361. The maximum Gasteiger partial charge on any atom is 0.220 e. The molecule has 390 valence electrons. The van der Waals surface area contributed by atoms with E-state index in [0.29, 0.717) is 12.8 Å². The van der Waals surface area contributed by atoms with Crippen molar-refractivity contribution >= 4 is 5.91 Å². The molecule has 1 amide bonds. The van der Waals surface area contributed by atoms with E-state index in [1.54, 1.807) is 0 Å². The van der Waals surface area contributed by atoms with Crippen molar-refractivity contribution in [3.8, 4) is 0 Å². The van der Waals surface area contributed by atoms with Gasteiger partial charge in [-0.05, 0) is 77.0 Å². The maximum atomic E-state index is 12.5. The third kappa shape index (κ3) is 50.4. The molecule has 0 spiro atoms. The standard InChI is InChI=1S/C61H117NO4/c1-3-5-7-9-11-13-15-17-19-21-23-24-25-26-27-28-29-30-31-32-33-34-35-36-38-40-42-44-46-48-50-52-54-56-60(65)62-58(57-63)61(66)59(64)55-53-51-49-47-45-43-41-39-37-22-20-18-16-14-12-10-8-6-4-2/h26-27,39,41,47,49,58-59,61,63-64,66H,3-25,28-38,40,42-46,48,50-57H2,1-2H3,(H,62,65)/b27-26-,41-39+,49-47+. The largest absolute Gasteiger partial charge is 0.394 e. The summed E-state index contributed by atoms with van der Waals surface area (Å²) in [5, 5.41) is 33.7. The SMILES string of the molecule is CCCCCCCCCCCC/C=C/CC/C=C/CCCC(O)C(O)C(CO)NC(=O)CCCCCCCCCCCCCCCCCCC/C=C\CCCCCCCCCCCCCC. The average molecular weight is 929 g/mol. The van der Waals surface area contributed by atoms with Crippen LogP contribution in [0.15, 0.2) is 36.5 Å². The molecule has 0 aliphatic carbocycles. The molecule has 0 aromatic rings. The van der Waals surface area contributed by atoms with Crippen LogP contribution in [0.5, 0.6) is 0 Å². The number of unbranched alkanes of at least 4 members (excludes halogenated alkanes) is 41. The highest BCUT2D eigenvalue weighted by atomic mass is 16.3. The van der Waals surface area contributed by atoms with Gasteiger partial charge in [0.25, 0.3) is 0 Å². The summed E-state index contributed by atoms with van der Waals surface area (Å²) in [5.41, 5.74) is 0. The van der Waals surface area contributed by atoms with Gasteiger partial charge in [0.05, 0.1) is 18.8 Å². The number of hydrogen-bond donors (Lipinski definition) is 4. The van der Waals surface area contributed by atoms with Crippen molar-refractivity contribution in [2.24, 2.45) is 0 Å². The summed E-state index contributed by atoms with van der Waals surface area (Å²) >= 11 is 0. The molecule has 0 aromatic heterocycles. The van der Waals surface area contributed by atoms with Crippen LogP contribution in [0.2, 0.25) is 0 Å². The predicted octanol–water partition coefficient (Wildman–Crippen LogP) is 18.6. The molecular formula is C61H117NO4. The van der Waals surface area contributed by atoms with Gasteiger partial charge in [-0.1, -0.05) is 275 Å². The number of allylic oxidation sites excluding steroid dienone is 6. The van der Waals surface area contributed by atoms with Crippen LogP contribution in [-0.4, -0.2) is 46.1 Å². The highest BCUT2D eigenvalue weighted by molar-refractivity contribution is 5.76. The van der Waals surface area contributed by atoms with E-state index in [9.17, 15) is 20.1 Å². The molecule has 66 heavy (non-hydrogen) atoms. The fourth-order valence-electron chi connectivity index (χ4n) is 9.35. The predicted molar refractivity (Wildman–Crippen MR) is 291 cm³/mol. The second-order valence-electron chi connectivity index (χ2n) is 20.5. The fraction of sp³-hybridized carbons (Fsp3) is 0.885. The van der Waals surface area contributed by atoms with E-state index in [1.165, 1.54) is 250 Å². The van der Waals surface area contributed by atoms with Crippen molar-refractivity contribution in [3.05, 3.63) is 36.5 Å². The van der Waals surface area contributed by atoms with Crippen LogP contribution >= 0.6 is 0 Å². The molecule has 0 rings (SSSR count). The van der Waals surface area contributed by atoms with Gasteiger partial charge in [-0.15, -0.1) is 0 Å². The molecule has 0 aliphatic heterocycles. The summed E-state index contributed by atoms with van der Waals surface area (Å²) in [6.45, 7) is 4.20. The van der Waals surface area contributed by atoms with Crippen molar-refractivity contribution in [2.45, 2.75) is 340 Å². The fourth-order valence-corrected chi connectivity index (χ4v) is 9.35. The number of aliphatic hydroxyl groups is 3. The lowest BCUT2D eigenvalue weighted by molar-refractivity contribution is -0.124. The van der Waals surface area contributed by atoms with Crippen LogP contribution in [-0.2, 0) is 4.79 Å². The first kappa shape index (κ1) is 64.6. The first-order valence-corrected chi connectivity index (χ1v) is 29.8. The monoisotopic (exact) mass is 928 g/mol. The summed E-state index contributed by atoms with van der Waals surface area (Å²) < 4.78 is 0. The first-order valence-electron chi connectivity index (χ1n) is 29.8. The van der Waals surface area contributed by atoms with Crippen molar-refractivity contribution in [1.82, 2.24) is 5.32 Å². The Hall–Kier alpha value is -1.43. The zero-order valence-electron chi connectivity index (χ0n) is 44.6. The zero-order chi connectivity index (χ0) is 47.9. The Morgan fingerprint density at radius 3 is 0.924 bits per heavy atom. The smallest absolute Gasteiger partial charge is 0.220 e. The zero-order valence-corrected chi connectivity index (χ0v) is 44.6. The third-order valence-corrected chi connectivity index (χ3v) is 13.9. The Balaban J connectivity index is 3.52. The van der Waals surface area contributed by atoms with E-state index in [-0.39, 0.29) is 12.5 Å². The van der Waals surface area contributed by atoms with Gasteiger partial charge in [0.15, 0.2) is 0 Å². The normalized spacial score (nSPS) is 13.5. The lowest BCUT2D eigenvalue weighted by Gasteiger charge is -2.26. The minimum atomic E-state index is -1.17. The van der Waals surface area contributed by atoms with Gasteiger partial charge in [0.1, 0.15) is 6.10 Å². The Morgan fingerprint density at radius 2 is 0.621 bits per heavy atom. The highest BCUT2D eigenvalue weighted by Crippen LogP contribution is 2.17. The molecule has 0 aromatic carbocycles. The Morgan fingerprint density at radius 1 is 0.364 bits per heavy atom. The molecule has 5 heteroatoms. The van der Waals surface area contributed by atoms with Crippen LogP contribution in [0.3, 0.4) is 0 Å². The van der Waals surface area contributed by atoms with Gasteiger partial charge in [0, 0.05) is 6.42 Å². The molecule has 0 saturated carbocycles. The van der Waals surface area contributed by atoms with Crippen molar-refractivity contribution in [2.75, 3.05) is 6.61 Å². The molecule has 0 aliphatic rings. The van der Waals surface area contributed by atoms with E-state index >= 15 is 0 Å². The van der Waals surface area contributed by atoms with Crippen LogP contribution in [0, 0.1) is 0 Å². The topological polar surface area (TPSA) is 89.8 Å². The minimum Gasteiger partial charge on any atom is -0.394 e. The average Bonchev–Trinajstić information content (AvgIpc) is 3.32. The highest BCUT2D eigenvalue weighted by Gasteiger charge is 2.26. The molecule has 0 heterocycles. The first-order chi connectivity index (χ1) is 32.6. The van der Waals surface area contributed by atoms with E-state index < -0.39 is 18.2 Å². The van der Waals surface area contributed by atoms with E-state index in [1.807, 2.05) is 0 Å². The second-order valence-corrected chi connectivity index (χ2v) is 20.5. The molecule has 3 atom stereocenters. The van der Waals surface area contributed by atoms with Gasteiger partial charge in [-0.25, -0.2) is 0 Å². The lowest BCUT2D eigenvalue weighted by atomic mass is 10.0. The van der Waals surface area contributed by atoms with Gasteiger partial charge >= 0.3 is 0 Å². The molecule has 0 saturated heterocycles. The Kier molecular flexibility index (Phi) is 54.9. The van der Waals surface area contributed by atoms with E-state index in [4.69, 9.17) is 0 Å². The van der Waals surface area contributed by atoms with Gasteiger partial charge < -0.3 is 20.6 Å². The van der Waals surface area contributed by atoms with Crippen LogP contribution in [0.1, 0.15) is 322 Å². The van der Waals surface area contributed by atoms with E-state index in [2.05, 4.69) is 55.6 Å². The molecule has 3 unspecified atom stereocenters. The summed E-state index contributed by atoms with van der Waals surface area (Å²) in [7, 11) is 0. The van der Waals surface area contributed by atoms with Crippen LogP contribution in [0.25, 0.3) is 0 Å². The molecular weight excluding hydrogens is 811 g/mol. The van der Waals surface area contributed by atoms with Crippen molar-refractivity contribution in [1.29, 1.82) is 0 Å². The van der Waals surface area contributed by atoms with Crippen molar-refractivity contribution in [3.63, 3.8) is 0 Å². The Labute approximate surface area is 413 Å². The van der Waals surface area contributed by atoms with Crippen molar-refractivity contribution < 1.29 is 20.1 Å². The van der Waals surface area contributed by atoms with E-state index in [0.717, 1.165) is 44.9 Å². The Bertz CT molecular complexity index is 1020. The second kappa shape index (κ2) is 56.2. The number of amides is 1. The van der Waals surface area contributed by atoms with Gasteiger partial charge in [-0.2, -0.15) is 0 Å². The summed E-state index contributed by atoms with van der Waals surface area (Å²) in [6.07, 6.45) is 73.2. The number of carbonyl (C=O) groups excluding carboxylic acids is 1. The van der Waals surface area contributed by atoms with Crippen LogP contribution in [0.4, 0.5) is 0 Å². The number of aliphatic hydroxyl groups excluding tert-OH is 3. The van der Waals surface area contributed by atoms with Gasteiger partial charge in [0.2, 0.25) is 5.91 Å². The molecule has 5 nitrogen and oxygen atoms in total. The number of nitrogens with one attached hydrogen (secondary N) is 1. The molecule has 4 N–H and O–H groups in total. The third-order valence-electron chi connectivity index (χ3n) is 13.9. The summed E-state index contributed by atoms with van der Waals surface area (Å²) in [4.78, 5) is 12.5. The molecule has 0 fully saturated rings. The minimum absolute atomic E-state index is 0.154.